The molecule has 1 saturated heterocycles. The molecule has 3 amide bonds. The molecule has 2 saturated carbocycles. The second-order valence-electron chi connectivity index (χ2n) is 16.3. The number of carbonyl (C=O) groups is 3. The first-order valence-corrected chi connectivity index (χ1v) is 21.3. The van der Waals surface area contributed by atoms with E-state index in [0.29, 0.717) is 30.2 Å². The van der Waals surface area contributed by atoms with Gasteiger partial charge in [-0.05, 0) is 93.7 Å². The van der Waals surface area contributed by atoms with Crippen molar-refractivity contribution in [1.82, 2.24) is 24.7 Å². The molecule has 14 nitrogen and oxygen atoms in total. The van der Waals surface area contributed by atoms with Crippen LogP contribution in [0.2, 0.25) is 0 Å². The Balaban J connectivity index is 1.25. The fraction of sp³-hybridized carbons (Fsp3) is 0.537. The molecule has 3 N–H and O–H groups in total. The number of sulfonamides is 1. The van der Waals surface area contributed by atoms with Gasteiger partial charge in [-0.1, -0.05) is 38.1 Å². The number of hydrogen-bond donors (Lipinski definition) is 3. The van der Waals surface area contributed by atoms with Crippen LogP contribution in [0.25, 0.3) is 10.8 Å². The minimum atomic E-state index is -3.89. The summed E-state index contributed by atoms with van der Waals surface area (Å²) in [4.78, 5) is 60.1. The Labute approximate surface area is 328 Å². The van der Waals surface area contributed by atoms with Crippen molar-refractivity contribution in [3.8, 4) is 5.88 Å². The van der Waals surface area contributed by atoms with Crippen LogP contribution in [-0.4, -0.2) is 90.4 Å². The maximum Gasteiger partial charge on any atom is 0.274 e. The van der Waals surface area contributed by atoms with Crippen molar-refractivity contribution in [1.29, 1.82) is 0 Å². The van der Waals surface area contributed by atoms with Crippen LogP contribution in [0.5, 0.6) is 5.88 Å². The molecule has 0 bridgehead atoms. The summed E-state index contributed by atoms with van der Waals surface area (Å²) in [7, 11) is 0.0307. The van der Waals surface area contributed by atoms with Crippen LogP contribution < -0.4 is 30.6 Å². The third-order valence-corrected chi connectivity index (χ3v) is 13.6. The molecule has 0 radical (unpaired) electrons. The molecule has 1 aromatic heterocycles. The Morgan fingerprint density at radius 1 is 1.02 bits per heavy atom. The molecule has 3 aromatic rings. The lowest BCUT2D eigenvalue weighted by Crippen LogP contribution is -2.58. The summed E-state index contributed by atoms with van der Waals surface area (Å²) in [6.45, 7) is 6.38. The first-order valence-electron chi connectivity index (χ1n) is 19.8. The van der Waals surface area contributed by atoms with Gasteiger partial charge in [-0.25, -0.2) is 13.1 Å². The molecule has 2 aromatic carbocycles. The van der Waals surface area contributed by atoms with E-state index in [4.69, 9.17) is 4.74 Å². The van der Waals surface area contributed by atoms with Gasteiger partial charge in [0.1, 0.15) is 23.7 Å². The summed E-state index contributed by atoms with van der Waals surface area (Å²) in [5.41, 5.74) is 0.0303. The monoisotopic (exact) mass is 787 g/mol. The second kappa shape index (κ2) is 15.5. The molecule has 7 atom stereocenters. The molecule has 56 heavy (non-hydrogen) atoms. The number of ether oxygens (including phenoxy) is 1. The zero-order valence-electron chi connectivity index (χ0n) is 32.7. The highest BCUT2D eigenvalue weighted by Gasteiger charge is 2.62. The Bertz CT molecular complexity index is 2190. The first-order chi connectivity index (χ1) is 26.7. The number of nitrogens with zero attached hydrogens (tertiary/aromatic N) is 4. The molecule has 7 rings (SSSR count). The van der Waals surface area contributed by atoms with Gasteiger partial charge in [-0.15, -0.1) is 5.10 Å². The highest BCUT2D eigenvalue weighted by molar-refractivity contribution is 7.91. The molecule has 3 fully saturated rings. The molecular formula is C41H53N7O7S. The number of hydrogen-bond acceptors (Lipinski definition) is 10. The summed E-state index contributed by atoms with van der Waals surface area (Å²) >= 11 is 0. The summed E-state index contributed by atoms with van der Waals surface area (Å²) in [6.07, 6.45) is 6.81. The summed E-state index contributed by atoms with van der Waals surface area (Å²) < 4.78 is 36.0. The van der Waals surface area contributed by atoms with Crippen LogP contribution in [0.3, 0.4) is 0 Å². The molecular weight excluding hydrogens is 735 g/mol. The largest absolute Gasteiger partial charge is 0.471 e. The number of benzene rings is 2. The molecule has 15 heteroatoms. The highest BCUT2D eigenvalue weighted by atomic mass is 32.2. The van der Waals surface area contributed by atoms with Crippen LogP contribution in [-0.2, 0) is 31.0 Å². The number of aryl methyl sites for hydroxylation is 1. The Kier molecular flexibility index (Phi) is 10.9. The molecule has 0 unspecified atom stereocenters. The maximum atomic E-state index is 15.0. The number of aromatic nitrogens is 2. The Morgan fingerprint density at radius 3 is 2.41 bits per heavy atom. The third kappa shape index (κ3) is 8.00. The maximum absolute atomic E-state index is 15.0. The first kappa shape index (κ1) is 39.3. The Hall–Kier alpha value is -4.92. The van der Waals surface area contributed by atoms with Gasteiger partial charge in [0.05, 0.1) is 22.6 Å². The van der Waals surface area contributed by atoms with Gasteiger partial charge in [0.25, 0.3) is 11.5 Å². The van der Waals surface area contributed by atoms with Crippen LogP contribution in [0.4, 0.5) is 11.4 Å². The second-order valence-corrected chi connectivity index (χ2v) is 18.2. The van der Waals surface area contributed by atoms with Crippen molar-refractivity contribution < 1.29 is 27.5 Å². The van der Waals surface area contributed by atoms with E-state index in [1.165, 1.54) is 9.58 Å². The number of carbonyl (C=O) groups excluding carboxylic acids is 3. The van der Waals surface area contributed by atoms with E-state index in [-0.39, 0.29) is 48.6 Å². The Morgan fingerprint density at radius 2 is 1.73 bits per heavy atom. The predicted molar refractivity (Wildman–Crippen MR) is 215 cm³/mol. The van der Waals surface area contributed by atoms with Crippen molar-refractivity contribution in [2.75, 3.05) is 30.9 Å². The topological polar surface area (TPSA) is 172 Å². The summed E-state index contributed by atoms with van der Waals surface area (Å²) in [5.74, 6) is -1.71. The lowest BCUT2D eigenvalue weighted by molar-refractivity contribution is -0.141. The van der Waals surface area contributed by atoms with Crippen molar-refractivity contribution in [3.05, 3.63) is 71.0 Å². The SMILES string of the molecule is CCn1nc(O[C@@H]2C[C@H]3C(=O)N[C@]4(C(=O)NS(=O)(=O)C5CC5)C[C@H]4/C=C\CC[C@@H](C)C[C@@H](C)[C@H](Nc4ccc(N(C)C)cc4)C(=O)N3C2)c2ccccc2c1=O. The molecule has 300 valence electrons. The van der Waals surface area contributed by atoms with E-state index >= 15 is 4.79 Å². The molecule has 3 heterocycles. The summed E-state index contributed by atoms with van der Waals surface area (Å²) in [6, 6.07) is 13.1. The fourth-order valence-corrected chi connectivity index (χ4v) is 9.56. The number of nitrogens with one attached hydrogen (secondary N) is 3. The lowest BCUT2D eigenvalue weighted by Gasteiger charge is -2.33. The van der Waals surface area contributed by atoms with Crippen molar-refractivity contribution in [2.45, 2.75) is 101 Å². The summed E-state index contributed by atoms with van der Waals surface area (Å²) in [5, 5.41) is 11.3. The van der Waals surface area contributed by atoms with Gasteiger partial charge < -0.3 is 25.2 Å². The average molecular weight is 788 g/mol. The van der Waals surface area contributed by atoms with E-state index < -0.39 is 56.7 Å². The van der Waals surface area contributed by atoms with E-state index in [1.54, 1.807) is 24.3 Å². The van der Waals surface area contributed by atoms with Crippen LogP contribution >= 0.6 is 0 Å². The quantitative estimate of drug-likeness (QED) is 0.271. The standard InChI is InChI=1S/C41H53N7O7S/c1-6-48-38(50)33-14-10-9-13-32(33)37(44-48)55-30-22-34-36(49)43-41(40(52)45-56(53,54)31-19-20-31)23-27(41)12-8-7-11-25(2)21-26(3)35(39(51)47(34)24-30)42-28-15-17-29(18-16-28)46(4)5/h8-10,12-18,25-27,30-31,34-35,42H,6-7,11,19-24H2,1-5H3,(H,43,49)(H,45,52)/b12-8-/t25-,26-,27-,30-,34+,35+,41-/m1/s1. The van der Waals surface area contributed by atoms with Gasteiger partial charge in [-0.3, -0.25) is 23.9 Å². The van der Waals surface area contributed by atoms with Crippen LogP contribution in [0.1, 0.15) is 65.7 Å². The number of allylic oxidation sites excluding steroid dienone is 1. The van der Waals surface area contributed by atoms with Crippen molar-refractivity contribution in [2.24, 2.45) is 17.8 Å². The van der Waals surface area contributed by atoms with Crippen LogP contribution in [0.15, 0.2) is 65.5 Å². The van der Waals surface area contributed by atoms with E-state index in [1.807, 2.05) is 69.3 Å². The van der Waals surface area contributed by atoms with E-state index in [0.717, 1.165) is 30.6 Å². The molecule has 2 aliphatic heterocycles. The number of rotatable bonds is 9. The average Bonchev–Trinajstić information content (AvgIpc) is 4.10. The minimum Gasteiger partial charge on any atom is -0.471 e. The van der Waals surface area contributed by atoms with Gasteiger partial charge in [0.2, 0.25) is 27.7 Å². The van der Waals surface area contributed by atoms with E-state index in [2.05, 4.69) is 27.4 Å². The normalized spacial score (nSPS) is 28.9. The lowest BCUT2D eigenvalue weighted by atomic mass is 9.87. The zero-order valence-corrected chi connectivity index (χ0v) is 33.6. The molecule has 2 aliphatic carbocycles. The fourth-order valence-electron chi connectivity index (χ4n) is 8.20. The zero-order chi connectivity index (χ0) is 39.9. The van der Waals surface area contributed by atoms with Gasteiger partial charge in [0, 0.05) is 44.4 Å². The third-order valence-electron chi connectivity index (χ3n) is 11.7. The number of fused-ring (bicyclic) bond motifs is 3. The van der Waals surface area contributed by atoms with Gasteiger partial charge >= 0.3 is 0 Å². The smallest absolute Gasteiger partial charge is 0.274 e. The predicted octanol–water partition coefficient (Wildman–Crippen LogP) is 3.81. The molecule has 0 spiro atoms. The highest BCUT2D eigenvalue weighted by Crippen LogP contribution is 2.46. The minimum absolute atomic E-state index is 0.0385. The number of amides is 3. The number of anilines is 2. The van der Waals surface area contributed by atoms with Gasteiger partial charge in [-0.2, -0.15) is 0 Å². The van der Waals surface area contributed by atoms with Crippen molar-refractivity contribution in [3.63, 3.8) is 0 Å². The van der Waals surface area contributed by atoms with Crippen molar-refractivity contribution >= 4 is 49.9 Å². The molecule has 4 aliphatic rings. The van der Waals surface area contributed by atoms with Crippen LogP contribution in [0, 0.1) is 17.8 Å². The van der Waals surface area contributed by atoms with E-state index in [9.17, 15) is 22.8 Å². The van der Waals surface area contributed by atoms with Gasteiger partial charge in [0.15, 0.2) is 0 Å².